The quantitative estimate of drug-likeness (QED) is 0.191. The van der Waals surface area contributed by atoms with Crippen molar-refractivity contribution in [3.63, 3.8) is 0 Å². The summed E-state index contributed by atoms with van der Waals surface area (Å²) in [4.78, 5) is 69.5. The van der Waals surface area contributed by atoms with Crippen LogP contribution < -0.4 is 15.7 Å². The van der Waals surface area contributed by atoms with Crippen molar-refractivity contribution in [1.29, 1.82) is 0 Å². The van der Waals surface area contributed by atoms with Crippen LogP contribution in [0.2, 0.25) is 0 Å². The van der Waals surface area contributed by atoms with Gasteiger partial charge < -0.3 is 28.7 Å². The van der Waals surface area contributed by atoms with Gasteiger partial charge >= 0.3 is 17.9 Å². The second-order valence-electron chi connectivity index (χ2n) is 7.78. The summed E-state index contributed by atoms with van der Waals surface area (Å²) in [5.74, 6) is -4.56. The lowest BCUT2D eigenvalue weighted by Gasteiger charge is -2.17. The van der Waals surface area contributed by atoms with E-state index < -0.39 is 46.4 Å². The Hall–Kier alpha value is -4.97. The largest absolute Gasteiger partial charge is 0.475 e. The highest BCUT2D eigenvalue weighted by Gasteiger charge is 2.20. The van der Waals surface area contributed by atoms with Crippen molar-refractivity contribution in [3.8, 4) is 5.75 Å². The Morgan fingerprint density at radius 3 is 2.03 bits per heavy atom. The minimum absolute atomic E-state index is 0.0168. The van der Waals surface area contributed by atoms with Gasteiger partial charge in [-0.2, -0.15) is 4.89 Å². The topological polar surface area (TPSA) is 180 Å². The van der Waals surface area contributed by atoms with Gasteiger partial charge in [0.05, 0.1) is 5.39 Å². The van der Waals surface area contributed by atoms with Crippen molar-refractivity contribution in [2.24, 2.45) is 0 Å². The van der Waals surface area contributed by atoms with Crippen LogP contribution in [0.5, 0.6) is 5.75 Å². The molecule has 0 aliphatic rings. The van der Waals surface area contributed by atoms with E-state index in [0.717, 1.165) is 12.1 Å². The van der Waals surface area contributed by atoms with Crippen molar-refractivity contribution in [2.45, 2.75) is 19.4 Å². The molecule has 0 aliphatic carbocycles. The van der Waals surface area contributed by atoms with Crippen molar-refractivity contribution < 1.29 is 47.9 Å². The second-order valence-corrected chi connectivity index (χ2v) is 7.78. The molecular formula is C25H18O12. The van der Waals surface area contributed by atoms with Gasteiger partial charge in [-0.25, -0.2) is 9.59 Å². The molecule has 2 heterocycles. The van der Waals surface area contributed by atoms with E-state index in [-0.39, 0.29) is 40.7 Å². The fraction of sp³-hybridized carbons (Fsp3) is 0.160. The molecule has 0 saturated carbocycles. The number of esters is 1. The van der Waals surface area contributed by atoms with E-state index in [1.165, 1.54) is 31.2 Å². The van der Waals surface area contributed by atoms with Gasteiger partial charge in [0, 0.05) is 25.5 Å². The normalized spacial score (nSPS) is 11.8. The Kier molecular flexibility index (Phi) is 7.02. The molecular weight excluding hydrogens is 492 g/mol. The zero-order valence-corrected chi connectivity index (χ0v) is 19.1. The Labute approximate surface area is 206 Å². The first kappa shape index (κ1) is 25.1. The predicted octanol–water partition coefficient (Wildman–Crippen LogP) is 2.78. The zero-order valence-electron chi connectivity index (χ0n) is 19.1. The van der Waals surface area contributed by atoms with Gasteiger partial charge in [0.2, 0.25) is 11.5 Å². The highest BCUT2D eigenvalue weighted by molar-refractivity contribution is 5.90. The molecule has 2 aromatic carbocycles. The van der Waals surface area contributed by atoms with Gasteiger partial charge in [0.1, 0.15) is 29.3 Å². The number of carbonyl (C=O) groups excluding carboxylic acids is 1. The third-order valence-corrected chi connectivity index (χ3v) is 5.16. The van der Waals surface area contributed by atoms with Gasteiger partial charge in [0.15, 0.2) is 16.6 Å². The summed E-state index contributed by atoms with van der Waals surface area (Å²) in [5, 5.41) is 18.3. The van der Waals surface area contributed by atoms with Gasteiger partial charge in [-0.05, 0) is 23.8 Å². The number of carbonyl (C=O) groups is 3. The number of fused-ring (bicyclic) bond motifs is 2. The summed E-state index contributed by atoms with van der Waals surface area (Å²) in [6, 6.07) is 10.5. The highest BCUT2D eigenvalue weighted by atomic mass is 17.2. The first-order chi connectivity index (χ1) is 17.6. The average molecular weight is 510 g/mol. The van der Waals surface area contributed by atoms with Crippen LogP contribution in [-0.4, -0.2) is 40.8 Å². The SMILES string of the molecule is CC(=O)OC(COOc1cccc2oc(C(=O)O)cc(=O)c12)Cc1cccc2oc(C(=O)O)cc(=O)c12. The first-order valence-corrected chi connectivity index (χ1v) is 10.7. The predicted molar refractivity (Wildman–Crippen MR) is 125 cm³/mol. The van der Waals surface area contributed by atoms with Crippen LogP contribution in [-0.2, 0) is 20.8 Å². The standard InChI is InChI=1S/C25H18O12/c1-12(26)34-14(8-13-4-2-5-17-22(13)15(27)9-20(35-17)24(29)30)11-33-37-19-7-3-6-18-23(19)16(28)10-21(36-18)25(31)32/h2-7,9-10,14H,8,11H2,1H3,(H,29,30)(H,31,32). The van der Waals surface area contributed by atoms with Gasteiger partial charge in [-0.15, -0.1) is 0 Å². The molecule has 12 heteroatoms. The molecule has 4 rings (SSSR count). The minimum atomic E-state index is -1.41. The van der Waals surface area contributed by atoms with Crippen LogP contribution >= 0.6 is 0 Å². The summed E-state index contributed by atoms with van der Waals surface area (Å²) in [6.45, 7) is 0.851. The molecule has 0 saturated heterocycles. The maximum absolute atomic E-state index is 12.6. The van der Waals surface area contributed by atoms with E-state index in [4.69, 9.17) is 33.6 Å². The monoisotopic (exact) mass is 510 g/mol. The molecule has 0 aliphatic heterocycles. The van der Waals surface area contributed by atoms with Crippen LogP contribution in [0.4, 0.5) is 0 Å². The molecule has 2 N–H and O–H groups in total. The number of ether oxygens (including phenoxy) is 1. The Morgan fingerprint density at radius 2 is 1.43 bits per heavy atom. The lowest BCUT2D eigenvalue weighted by Crippen LogP contribution is -2.26. The molecule has 0 fully saturated rings. The fourth-order valence-electron chi connectivity index (χ4n) is 3.70. The zero-order chi connectivity index (χ0) is 26.7. The molecule has 0 spiro atoms. The van der Waals surface area contributed by atoms with Crippen LogP contribution in [0, 0.1) is 0 Å². The van der Waals surface area contributed by atoms with Crippen LogP contribution in [0.3, 0.4) is 0 Å². The van der Waals surface area contributed by atoms with E-state index in [0.29, 0.717) is 5.56 Å². The molecule has 1 unspecified atom stereocenters. The van der Waals surface area contributed by atoms with E-state index in [2.05, 4.69) is 0 Å². The highest BCUT2D eigenvalue weighted by Crippen LogP contribution is 2.24. The number of rotatable bonds is 9. The Balaban J connectivity index is 1.57. The number of benzene rings is 2. The van der Waals surface area contributed by atoms with Crippen LogP contribution in [0.15, 0.2) is 67.0 Å². The number of aromatic carboxylic acids is 2. The smallest absolute Gasteiger partial charge is 0.371 e. The van der Waals surface area contributed by atoms with E-state index >= 15 is 0 Å². The number of hydrogen-bond donors (Lipinski definition) is 2. The van der Waals surface area contributed by atoms with Crippen LogP contribution in [0.25, 0.3) is 21.9 Å². The van der Waals surface area contributed by atoms with Gasteiger partial charge in [-0.3, -0.25) is 14.4 Å². The average Bonchev–Trinajstić information content (AvgIpc) is 2.83. The summed E-state index contributed by atoms with van der Waals surface area (Å²) in [7, 11) is 0. The minimum Gasteiger partial charge on any atom is -0.475 e. The van der Waals surface area contributed by atoms with E-state index in [1.54, 1.807) is 12.1 Å². The lowest BCUT2D eigenvalue weighted by molar-refractivity contribution is -0.226. The van der Waals surface area contributed by atoms with Gasteiger partial charge in [0.25, 0.3) is 0 Å². The number of hydrogen-bond acceptors (Lipinski definition) is 10. The molecule has 12 nitrogen and oxygen atoms in total. The molecule has 0 amide bonds. The van der Waals surface area contributed by atoms with E-state index in [9.17, 15) is 24.0 Å². The summed E-state index contributed by atoms with van der Waals surface area (Å²) in [6.07, 6.45) is -0.969. The summed E-state index contributed by atoms with van der Waals surface area (Å²) >= 11 is 0. The Bertz CT molecular complexity index is 1650. The first-order valence-electron chi connectivity index (χ1n) is 10.7. The molecule has 37 heavy (non-hydrogen) atoms. The van der Waals surface area contributed by atoms with Crippen molar-refractivity contribution >= 4 is 39.8 Å². The van der Waals surface area contributed by atoms with Crippen molar-refractivity contribution in [1.82, 2.24) is 0 Å². The molecule has 2 aromatic heterocycles. The third-order valence-electron chi connectivity index (χ3n) is 5.16. The van der Waals surface area contributed by atoms with Crippen LogP contribution in [0.1, 0.15) is 33.6 Å². The molecule has 0 radical (unpaired) electrons. The molecule has 0 bridgehead atoms. The summed E-state index contributed by atoms with van der Waals surface area (Å²) in [5.41, 5.74) is -0.839. The maximum Gasteiger partial charge on any atom is 0.371 e. The van der Waals surface area contributed by atoms with E-state index in [1.807, 2.05) is 0 Å². The Morgan fingerprint density at radius 1 is 0.865 bits per heavy atom. The number of carboxylic acids is 2. The third kappa shape index (κ3) is 5.49. The molecule has 1 atom stereocenters. The maximum atomic E-state index is 12.6. The van der Waals surface area contributed by atoms with Gasteiger partial charge in [-0.1, -0.05) is 18.2 Å². The lowest BCUT2D eigenvalue weighted by atomic mass is 10.0. The summed E-state index contributed by atoms with van der Waals surface area (Å²) < 4.78 is 15.8. The van der Waals surface area contributed by atoms with Crippen molar-refractivity contribution in [2.75, 3.05) is 6.61 Å². The van der Waals surface area contributed by atoms with Crippen molar-refractivity contribution in [3.05, 3.63) is 86.1 Å². The fourth-order valence-corrected chi connectivity index (χ4v) is 3.70. The molecule has 4 aromatic rings. The second kappa shape index (κ2) is 10.3. The molecule has 190 valence electrons. The number of carboxylic acid groups (broad SMARTS) is 2.